The summed E-state index contributed by atoms with van der Waals surface area (Å²) < 4.78 is 31.2. The molecule has 0 aromatic heterocycles. The number of carbonyl (C=O) groups is 1. The number of amides is 1. The van der Waals surface area contributed by atoms with Gasteiger partial charge in [0, 0.05) is 6.04 Å². The highest BCUT2D eigenvalue weighted by atomic mass is 32.2. The van der Waals surface area contributed by atoms with E-state index in [2.05, 4.69) is 5.32 Å². The number of nitrogens with one attached hydrogen (secondary N) is 1. The predicted octanol–water partition coefficient (Wildman–Crippen LogP) is 1.88. The van der Waals surface area contributed by atoms with Crippen LogP contribution in [-0.4, -0.2) is 33.7 Å². The number of sulfone groups is 1. The molecule has 1 aliphatic rings. The van der Waals surface area contributed by atoms with E-state index in [1.54, 1.807) is 13.8 Å². The lowest BCUT2D eigenvalue weighted by Crippen LogP contribution is -2.25. The molecule has 1 fully saturated rings. The van der Waals surface area contributed by atoms with Gasteiger partial charge in [-0.05, 0) is 49.4 Å². The zero-order chi connectivity index (χ0) is 18.1. The summed E-state index contributed by atoms with van der Waals surface area (Å²) in [4.78, 5) is 12.3. The smallest absolute Gasteiger partial charge is 0.252 e. The Labute approximate surface area is 143 Å². The Morgan fingerprint density at radius 3 is 2.46 bits per heavy atom. The summed E-state index contributed by atoms with van der Waals surface area (Å²) in [5.74, 6) is -0.299. The number of primary amides is 1. The van der Waals surface area contributed by atoms with Crippen LogP contribution in [0.3, 0.4) is 0 Å². The van der Waals surface area contributed by atoms with E-state index in [0.29, 0.717) is 23.3 Å². The number of hydrogen-bond donors (Lipinski definition) is 2. The second-order valence-electron chi connectivity index (χ2n) is 6.02. The topological polar surface area (TPSA) is 98.5 Å². The number of carbonyl (C=O) groups excluding carboxylic acids is 1. The Balaban J connectivity index is 2.99. The Kier molecular flexibility index (Phi) is 5.55. The fraction of sp³-hybridized carbons (Fsp3) is 0.588. The SMILES string of the molecule is CCc1c(C(N)=O)c(OC)c(C)c(C2CCCN2)c1S(=O)(=O)CC. The minimum atomic E-state index is -3.52. The van der Waals surface area contributed by atoms with Crippen LogP contribution in [0, 0.1) is 6.92 Å². The summed E-state index contributed by atoms with van der Waals surface area (Å²) in [6.45, 7) is 6.09. The third-order valence-corrected chi connectivity index (χ3v) is 6.54. The van der Waals surface area contributed by atoms with Gasteiger partial charge < -0.3 is 15.8 Å². The molecular weight excluding hydrogens is 328 g/mol. The van der Waals surface area contributed by atoms with Gasteiger partial charge in [-0.15, -0.1) is 0 Å². The fourth-order valence-corrected chi connectivity index (χ4v) is 5.14. The van der Waals surface area contributed by atoms with Crippen LogP contribution in [0.5, 0.6) is 5.75 Å². The van der Waals surface area contributed by atoms with E-state index < -0.39 is 15.7 Å². The Hall–Kier alpha value is -1.60. The van der Waals surface area contributed by atoms with E-state index in [1.165, 1.54) is 7.11 Å². The molecule has 0 radical (unpaired) electrons. The van der Waals surface area contributed by atoms with Crippen molar-refractivity contribution in [3.63, 3.8) is 0 Å². The second kappa shape index (κ2) is 7.11. The van der Waals surface area contributed by atoms with Crippen LogP contribution in [0.25, 0.3) is 0 Å². The molecule has 0 spiro atoms. The second-order valence-corrected chi connectivity index (χ2v) is 8.24. The minimum Gasteiger partial charge on any atom is -0.496 e. The van der Waals surface area contributed by atoms with Gasteiger partial charge in [-0.3, -0.25) is 4.79 Å². The van der Waals surface area contributed by atoms with Crippen LogP contribution < -0.4 is 15.8 Å². The Morgan fingerprint density at radius 2 is 2.04 bits per heavy atom. The monoisotopic (exact) mass is 354 g/mol. The first-order chi connectivity index (χ1) is 11.3. The van der Waals surface area contributed by atoms with E-state index in [0.717, 1.165) is 24.9 Å². The van der Waals surface area contributed by atoms with Crippen molar-refractivity contribution in [3.8, 4) is 5.75 Å². The highest BCUT2D eigenvalue weighted by Gasteiger charge is 2.34. The van der Waals surface area contributed by atoms with E-state index in [1.807, 2.05) is 6.92 Å². The van der Waals surface area contributed by atoms with E-state index in [4.69, 9.17) is 10.5 Å². The van der Waals surface area contributed by atoms with Crippen LogP contribution in [0.4, 0.5) is 0 Å². The lowest BCUT2D eigenvalue weighted by atomic mass is 9.91. The van der Waals surface area contributed by atoms with Crippen molar-refractivity contribution in [1.29, 1.82) is 0 Å². The highest BCUT2D eigenvalue weighted by molar-refractivity contribution is 7.91. The summed E-state index contributed by atoms with van der Waals surface area (Å²) in [7, 11) is -2.04. The molecule has 0 bridgehead atoms. The lowest BCUT2D eigenvalue weighted by Gasteiger charge is -2.25. The molecule has 1 heterocycles. The minimum absolute atomic E-state index is 0.0241. The molecular formula is C17H26N2O4S. The van der Waals surface area contributed by atoms with Crippen molar-refractivity contribution in [2.75, 3.05) is 19.4 Å². The van der Waals surface area contributed by atoms with Gasteiger partial charge in [0.15, 0.2) is 9.84 Å². The van der Waals surface area contributed by atoms with Crippen molar-refractivity contribution in [2.24, 2.45) is 5.73 Å². The standard InChI is InChI=1S/C17H26N2O4S/c1-5-11-14(17(18)20)15(23-4)10(3)13(12-8-7-9-19-12)16(11)24(21,22)6-2/h12,19H,5-9H2,1-4H3,(H2,18,20). The van der Waals surface area contributed by atoms with Gasteiger partial charge in [0.05, 0.1) is 23.3 Å². The maximum atomic E-state index is 12.9. The van der Waals surface area contributed by atoms with Gasteiger partial charge >= 0.3 is 0 Å². The molecule has 6 nitrogen and oxygen atoms in total. The number of hydrogen-bond acceptors (Lipinski definition) is 5. The predicted molar refractivity (Wildman–Crippen MR) is 93.3 cm³/mol. The molecule has 1 aliphatic heterocycles. The van der Waals surface area contributed by atoms with Gasteiger partial charge in [0.25, 0.3) is 5.91 Å². The average molecular weight is 354 g/mol. The van der Waals surface area contributed by atoms with Crippen LogP contribution >= 0.6 is 0 Å². The first-order valence-corrected chi connectivity index (χ1v) is 9.94. The van der Waals surface area contributed by atoms with Gasteiger partial charge in [-0.1, -0.05) is 13.8 Å². The van der Waals surface area contributed by atoms with Gasteiger partial charge in [0.1, 0.15) is 5.75 Å². The summed E-state index contributed by atoms with van der Waals surface area (Å²) in [6, 6.07) is -0.0533. The van der Waals surface area contributed by atoms with E-state index >= 15 is 0 Å². The van der Waals surface area contributed by atoms with Gasteiger partial charge in [-0.25, -0.2) is 8.42 Å². The molecule has 1 aromatic carbocycles. The average Bonchev–Trinajstić information content (AvgIpc) is 3.07. The maximum absolute atomic E-state index is 12.9. The first-order valence-electron chi connectivity index (χ1n) is 8.29. The highest BCUT2D eigenvalue weighted by Crippen LogP contribution is 2.41. The molecule has 1 atom stereocenters. The normalized spacial score (nSPS) is 17.9. The fourth-order valence-electron chi connectivity index (χ4n) is 3.60. The van der Waals surface area contributed by atoms with E-state index in [-0.39, 0.29) is 22.3 Å². The molecule has 0 aliphatic carbocycles. The molecule has 7 heteroatoms. The zero-order valence-electron chi connectivity index (χ0n) is 14.7. The molecule has 24 heavy (non-hydrogen) atoms. The number of benzene rings is 1. The lowest BCUT2D eigenvalue weighted by molar-refractivity contribution is 0.0996. The molecule has 1 amide bonds. The number of methoxy groups -OCH3 is 1. The molecule has 3 N–H and O–H groups in total. The summed E-state index contributed by atoms with van der Waals surface area (Å²) in [5.41, 5.74) is 7.62. The van der Waals surface area contributed by atoms with Crippen LogP contribution in [-0.2, 0) is 16.3 Å². The van der Waals surface area contributed by atoms with Crippen LogP contribution in [0.15, 0.2) is 4.90 Å². The zero-order valence-corrected chi connectivity index (χ0v) is 15.5. The van der Waals surface area contributed by atoms with Crippen LogP contribution in [0.2, 0.25) is 0 Å². The van der Waals surface area contributed by atoms with Gasteiger partial charge in [0.2, 0.25) is 0 Å². The van der Waals surface area contributed by atoms with Crippen molar-refractivity contribution < 1.29 is 17.9 Å². The van der Waals surface area contributed by atoms with Crippen LogP contribution in [0.1, 0.15) is 59.8 Å². The quantitative estimate of drug-likeness (QED) is 0.813. The third-order valence-electron chi connectivity index (χ3n) is 4.70. The molecule has 2 rings (SSSR count). The molecule has 1 aromatic rings. The largest absolute Gasteiger partial charge is 0.496 e. The van der Waals surface area contributed by atoms with E-state index in [9.17, 15) is 13.2 Å². The number of nitrogens with two attached hydrogens (primary N) is 1. The number of ether oxygens (including phenoxy) is 1. The molecule has 134 valence electrons. The Bertz CT molecular complexity index is 751. The molecule has 0 saturated carbocycles. The maximum Gasteiger partial charge on any atom is 0.252 e. The van der Waals surface area contributed by atoms with Crippen molar-refractivity contribution in [2.45, 2.75) is 51.0 Å². The van der Waals surface area contributed by atoms with Gasteiger partial charge in [-0.2, -0.15) is 0 Å². The summed E-state index contributed by atoms with van der Waals surface area (Å²) in [5, 5.41) is 3.37. The Morgan fingerprint density at radius 1 is 1.38 bits per heavy atom. The van der Waals surface area contributed by atoms with Crippen molar-refractivity contribution in [3.05, 3.63) is 22.3 Å². The summed E-state index contributed by atoms with van der Waals surface area (Å²) in [6.07, 6.45) is 2.23. The van der Waals surface area contributed by atoms with Crippen molar-refractivity contribution >= 4 is 15.7 Å². The molecule has 1 saturated heterocycles. The molecule has 1 unspecified atom stereocenters. The van der Waals surface area contributed by atoms with Crippen molar-refractivity contribution in [1.82, 2.24) is 5.32 Å². The first kappa shape index (κ1) is 18.7. The summed E-state index contributed by atoms with van der Waals surface area (Å²) >= 11 is 0. The third kappa shape index (κ3) is 3.02. The number of rotatable bonds is 6.